The Kier molecular flexibility index (Phi) is 36.2. The number of hydrogen-bond acceptors (Lipinski definition) is 0. The summed E-state index contributed by atoms with van der Waals surface area (Å²) >= 11 is 0. The van der Waals surface area contributed by atoms with Gasteiger partial charge in [-0.25, -0.2) is 0 Å². The van der Waals surface area contributed by atoms with Gasteiger partial charge in [0.1, 0.15) is 0 Å². The monoisotopic (exact) mass is 166 g/mol. The third-order valence-corrected chi connectivity index (χ3v) is 1.26. The molecule has 1 heteroatoms. The van der Waals surface area contributed by atoms with Gasteiger partial charge in [-0.15, -0.1) is 0 Å². The van der Waals surface area contributed by atoms with Gasteiger partial charge in [-0.1, -0.05) is 33.1 Å². The molecule has 0 fully saturated rings. The van der Waals surface area contributed by atoms with Gasteiger partial charge in [0.2, 0.25) is 0 Å². The smallest absolute Gasteiger partial charge is 0.343 e. The fourth-order valence-corrected chi connectivity index (χ4v) is 0.427. The summed E-state index contributed by atoms with van der Waals surface area (Å²) in [6, 6.07) is 0. The van der Waals surface area contributed by atoms with Crippen LogP contribution in [0.1, 0.15) is 52.9 Å². The van der Waals surface area contributed by atoms with E-state index in [1.807, 2.05) is 0 Å². The third-order valence-electron chi connectivity index (χ3n) is 1.26. The van der Waals surface area contributed by atoms with Crippen LogP contribution in [0.25, 0.3) is 0 Å². The van der Waals surface area contributed by atoms with Crippen LogP contribution >= 0.6 is 0 Å². The van der Waals surface area contributed by atoms with E-state index in [-0.39, 0.29) is 23.1 Å². The largest absolute Gasteiger partial charge is 2.00 e. The molecular weight excluding hydrogens is 144 g/mol. The minimum absolute atomic E-state index is 0. The SMILES string of the molecule is C[CH-]CC.[CH2-]CCCCC.[Mg+2]. The molecule has 0 saturated heterocycles. The van der Waals surface area contributed by atoms with E-state index in [2.05, 4.69) is 34.1 Å². The molecule has 0 heterocycles. The van der Waals surface area contributed by atoms with E-state index in [1.165, 1.54) is 25.7 Å². The zero-order valence-corrected chi connectivity index (χ0v) is 9.94. The van der Waals surface area contributed by atoms with Crippen LogP contribution in [0.2, 0.25) is 0 Å². The second-order valence-corrected chi connectivity index (χ2v) is 2.38. The molecule has 0 unspecified atom stereocenters. The van der Waals surface area contributed by atoms with Gasteiger partial charge in [-0.3, -0.25) is 0 Å². The third kappa shape index (κ3) is 36.4. The first-order valence-corrected chi connectivity index (χ1v) is 4.40. The molecule has 0 spiro atoms. The first-order valence-electron chi connectivity index (χ1n) is 4.40. The van der Waals surface area contributed by atoms with Gasteiger partial charge in [-0.2, -0.15) is 19.8 Å². The maximum Gasteiger partial charge on any atom is 2.00 e. The maximum absolute atomic E-state index is 3.72. The fraction of sp³-hybridized carbons (Fsp3) is 0.800. The Hall–Kier alpha value is 0.766. The van der Waals surface area contributed by atoms with Crippen molar-refractivity contribution in [2.24, 2.45) is 0 Å². The van der Waals surface area contributed by atoms with Crippen molar-refractivity contribution in [2.75, 3.05) is 0 Å². The summed E-state index contributed by atoms with van der Waals surface area (Å²) in [5.41, 5.74) is 0. The predicted molar refractivity (Wildman–Crippen MR) is 55.5 cm³/mol. The molecule has 0 aromatic carbocycles. The van der Waals surface area contributed by atoms with Gasteiger partial charge >= 0.3 is 23.1 Å². The van der Waals surface area contributed by atoms with E-state index in [4.69, 9.17) is 0 Å². The second-order valence-electron chi connectivity index (χ2n) is 2.38. The summed E-state index contributed by atoms with van der Waals surface area (Å²) in [6.07, 6.45) is 8.39. The van der Waals surface area contributed by atoms with Crippen molar-refractivity contribution in [2.45, 2.75) is 52.9 Å². The van der Waals surface area contributed by atoms with E-state index in [1.54, 1.807) is 0 Å². The van der Waals surface area contributed by atoms with Crippen molar-refractivity contribution in [1.82, 2.24) is 0 Å². The van der Waals surface area contributed by atoms with Crippen LogP contribution in [-0.4, -0.2) is 23.1 Å². The molecule has 0 radical (unpaired) electrons. The fourth-order valence-electron chi connectivity index (χ4n) is 0.427. The normalized spacial score (nSPS) is 7.64. The van der Waals surface area contributed by atoms with Gasteiger partial charge in [0, 0.05) is 0 Å². The Morgan fingerprint density at radius 2 is 1.64 bits per heavy atom. The van der Waals surface area contributed by atoms with Crippen molar-refractivity contribution in [3.05, 3.63) is 13.3 Å². The summed E-state index contributed by atoms with van der Waals surface area (Å²) in [5.74, 6) is 0. The van der Waals surface area contributed by atoms with E-state index in [0.717, 1.165) is 6.42 Å². The van der Waals surface area contributed by atoms with Gasteiger partial charge in [0.05, 0.1) is 0 Å². The second kappa shape index (κ2) is 22.4. The number of hydrogen-bond donors (Lipinski definition) is 0. The molecule has 0 aromatic rings. The van der Waals surface area contributed by atoms with Crippen molar-refractivity contribution < 1.29 is 0 Å². The predicted octanol–water partition coefficient (Wildman–Crippen LogP) is 3.64. The molecular formula is C10H22Mg. The summed E-state index contributed by atoms with van der Waals surface area (Å²) in [7, 11) is 0. The van der Waals surface area contributed by atoms with E-state index >= 15 is 0 Å². The Morgan fingerprint density at radius 3 is 1.73 bits per heavy atom. The van der Waals surface area contributed by atoms with Crippen LogP contribution in [0.5, 0.6) is 0 Å². The zero-order valence-electron chi connectivity index (χ0n) is 8.53. The maximum atomic E-state index is 3.72. The Labute approximate surface area is 89.3 Å². The molecule has 0 aliphatic rings. The Bertz CT molecular complexity index is 29.9. The van der Waals surface area contributed by atoms with Crippen molar-refractivity contribution in [3.63, 3.8) is 0 Å². The number of rotatable bonds is 4. The van der Waals surface area contributed by atoms with Crippen molar-refractivity contribution >= 4 is 23.1 Å². The van der Waals surface area contributed by atoms with Gasteiger partial charge in [0.15, 0.2) is 0 Å². The molecule has 0 aliphatic heterocycles. The Morgan fingerprint density at radius 1 is 1.18 bits per heavy atom. The topological polar surface area (TPSA) is 0 Å². The van der Waals surface area contributed by atoms with E-state index in [0.29, 0.717) is 0 Å². The van der Waals surface area contributed by atoms with Crippen LogP contribution in [0.15, 0.2) is 0 Å². The van der Waals surface area contributed by atoms with Gasteiger partial charge in [0.25, 0.3) is 0 Å². The quantitative estimate of drug-likeness (QED) is 0.340. The summed E-state index contributed by atoms with van der Waals surface area (Å²) < 4.78 is 0. The average Bonchev–Trinajstić information content (AvgIpc) is 2.01. The van der Waals surface area contributed by atoms with Crippen LogP contribution in [-0.2, 0) is 0 Å². The van der Waals surface area contributed by atoms with E-state index in [9.17, 15) is 0 Å². The molecule has 0 nitrogen and oxygen atoms in total. The Balaban J connectivity index is -0.000000114. The molecule has 0 aromatic heterocycles. The van der Waals surface area contributed by atoms with Crippen LogP contribution in [0.3, 0.4) is 0 Å². The first-order chi connectivity index (χ1) is 4.83. The zero-order chi connectivity index (χ0) is 8.24. The molecule has 0 atom stereocenters. The molecule has 0 rings (SSSR count). The van der Waals surface area contributed by atoms with Crippen molar-refractivity contribution in [1.29, 1.82) is 0 Å². The first kappa shape index (κ1) is 17.7. The van der Waals surface area contributed by atoms with E-state index < -0.39 is 0 Å². The molecule has 0 N–H and O–H groups in total. The van der Waals surface area contributed by atoms with Gasteiger partial charge in [-0.05, 0) is 0 Å². The minimum Gasteiger partial charge on any atom is -0.343 e. The summed E-state index contributed by atoms with van der Waals surface area (Å²) in [5, 5.41) is 0. The molecule has 0 aliphatic carbocycles. The van der Waals surface area contributed by atoms with Gasteiger partial charge < -0.3 is 13.3 Å². The van der Waals surface area contributed by atoms with Crippen LogP contribution in [0.4, 0.5) is 0 Å². The minimum atomic E-state index is 0. The molecule has 0 amide bonds. The molecule has 11 heavy (non-hydrogen) atoms. The standard InChI is InChI=1S/C6H13.C4H9.Mg/c1-3-5-6-4-2;1-3-4-2;/h1,3-6H2,2H3;3H,4H2,1-2H3;/q2*-1;+2. The van der Waals surface area contributed by atoms with Crippen LogP contribution in [0, 0.1) is 13.3 Å². The molecule has 0 saturated carbocycles. The summed E-state index contributed by atoms with van der Waals surface area (Å²) in [6.45, 7) is 10.1. The molecule has 64 valence electrons. The average molecular weight is 167 g/mol. The molecule has 0 bridgehead atoms. The number of unbranched alkanes of at least 4 members (excludes halogenated alkanes) is 4. The summed E-state index contributed by atoms with van der Waals surface area (Å²) in [4.78, 5) is 0. The van der Waals surface area contributed by atoms with Crippen LogP contribution < -0.4 is 0 Å². The van der Waals surface area contributed by atoms with Crippen molar-refractivity contribution in [3.8, 4) is 0 Å².